The first-order chi connectivity index (χ1) is 11.4. The van der Waals surface area contributed by atoms with Crippen molar-refractivity contribution in [2.75, 3.05) is 13.1 Å². The summed E-state index contributed by atoms with van der Waals surface area (Å²) in [5.74, 6) is 1.56. The zero-order chi connectivity index (χ0) is 17.7. The van der Waals surface area contributed by atoms with Gasteiger partial charge in [0.15, 0.2) is 0 Å². The number of nitrogens with zero attached hydrogens (tertiary/aromatic N) is 2. The molecule has 0 atom stereocenters. The summed E-state index contributed by atoms with van der Waals surface area (Å²) < 4.78 is 7.01. The molecule has 5 heteroatoms. The van der Waals surface area contributed by atoms with Crippen LogP contribution in [0.4, 0.5) is 5.69 Å². The maximum absolute atomic E-state index is 6.16. The highest BCUT2D eigenvalue weighted by atomic mass is 127. The smallest absolute Gasteiger partial charge is 0.130 e. The molecule has 0 spiro atoms. The normalized spacial score (nSPS) is 11.1. The van der Waals surface area contributed by atoms with Gasteiger partial charge in [0, 0.05) is 22.7 Å². The Morgan fingerprint density at radius 1 is 1.12 bits per heavy atom. The minimum Gasteiger partial charge on any atom is -0.457 e. The van der Waals surface area contributed by atoms with E-state index in [4.69, 9.17) is 16.3 Å². The van der Waals surface area contributed by atoms with Crippen LogP contribution in [-0.2, 0) is 0 Å². The summed E-state index contributed by atoms with van der Waals surface area (Å²) >= 11 is 8.36. The Morgan fingerprint density at radius 3 is 2.46 bits per heavy atom. The second kappa shape index (κ2) is 8.72. The fourth-order valence-electron chi connectivity index (χ4n) is 2.22. The van der Waals surface area contributed by atoms with Gasteiger partial charge in [-0.15, -0.1) is 0 Å². The van der Waals surface area contributed by atoms with Gasteiger partial charge in [0.2, 0.25) is 0 Å². The summed E-state index contributed by atoms with van der Waals surface area (Å²) in [6.07, 6.45) is 1.90. The summed E-state index contributed by atoms with van der Waals surface area (Å²) in [4.78, 5) is 6.77. The molecule has 0 radical (unpaired) electrons. The Labute approximate surface area is 162 Å². The lowest BCUT2D eigenvalue weighted by atomic mass is 10.1. The van der Waals surface area contributed by atoms with E-state index in [0.717, 1.165) is 45.0 Å². The number of benzene rings is 2. The zero-order valence-electron chi connectivity index (χ0n) is 14.4. The van der Waals surface area contributed by atoms with Crippen molar-refractivity contribution in [3.63, 3.8) is 0 Å². The van der Waals surface area contributed by atoms with Gasteiger partial charge < -0.3 is 9.64 Å². The average Bonchev–Trinajstić information content (AvgIpc) is 2.56. The van der Waals surface area contributed by atoms with Crippen molar-refractivity contribution in [3.05, 3.63) is 50.1 Å². The highest BCUT2D eigenvalue weighted by molar-refractivity contribution is 14.1. The van der Waals surface area contributed by atoms with E-state index >= 15 is 0 Å². The molecule has 0 amide bonds. The number of hydrogen-bond donors (Lipinski definition) is 0. The Balaban J connectivity index is 2.24. The highest BCUT2D eigenvalue weighted by Crippen LogP contribution is 2.33. The van der Waals surface area contributed by atoms with Crippen LogP contribution >= 0.6 is 34.2 Å². The maximum atomic E-state index is 6.16. The predicted molar refractivity (Wildman–Crippen MR) is 111 cm³/mol. The molecule has 0 heterocycles. The van der Waals surface area contributed by atoms with Crippen LogP contribution in [0.2, 0.25) is 5.02 Å². The Bertz CT molecular complexity index is 742. The molecule has 0 N–H and O–H groups in total. The standard InChI is InChI=1S/C19H22ClIN2O/c1-5-23(6-2)12-22-18-9-14(4)19(10-13(18)3)24-15-7-8-17(21)16(20)11-15/h7-12H,5-6H2,1-4H3/b22-12+. The van der Waals surface area contributed by atoms with Crippen molar-refractivity contribution in [1.82, 2.24) is 4.90 Å². The zero-order valence-corrected chi connectivity index (χ0v) is 17.4. The third-order valence-corrected chi connectivity index (χ3v) is 5.36. The molecular formula is C19H22ClIN2O. The van der Waals surface area contributed by atoms with Gasteiger partial charge in [0.25, 0.3) is 0 Å². The molecule has 3 nitrogen and oxygen atoms in total. The topological polar surface area (TPSA) is 24.8 Å². The molecular weight excluding hydrogens is 435 g/mol. The second-order valence-corrected chi connectivity index (χ2v) is 7.12. The molecule has 2 rings (SSSR count). The van der Waals surface area contributed by atoms with Crippen LogP contribution in [0.15, 0.2) is 35.3 Å². The lowest BCUT2D eigenvalue weighted by Crippen LogP contribution is -2.20. The first-order valence-electron chi connectivity index (χ1n) is 7.97. The molecule has 128 valence electrons. The minimum atomic E-state index is 0.697. The lowest BCUT2D eigenvalue weighted by molar-refractivity contribution is 0.477. The van der Waals surface area contributed by atoms with Crippen LogP contribution in [-0.4, -0.2) is 24.3 Å². The molecule has 2 aromatic carbocycles. The molecule has 0 saturated heterocycles. The predicted octanol–water partition coefficient (Wildman–Crippen LogP) is 6.36. The molecule has 0 saturated carbocycles. The summed E-state index contributed by atoms with van der Waals surface area (Å²) in [6, 6.07) is 9.79. The summed E-state index contributed by atoms with van der Waals surface area (Å²) in [5, 5.41) is 0.697. The lowest BCUT2D eigenvalue weighted by Gasteiger charge is -2.15. The first kappa shape index (κ1) is 19.1. The van der Waals surface area contributed by atoms with Gasteiger partial charge >= 0.3 is 0 Å². The van der Waals surface area contributed by atoms with Crippen molar-refractivity contribution in [3.8, 4) is 11.5 Å². The van der Waals surface area contributed by atoms with Crippen LogP contribution in [0.5, 0.6) is 11.5 Å². The van der Waals surface area contributed by atoms with E-state index in [1.165, 1.54) is 0 Å². The number of hydrogen-bond acceptors (Lipinski definition) is 2. The summed E-state index contributed by atoms with van der Waals surface area (Å²) in [5.41, 5.74) is 3.09. The number of ether oxygens (including phenoxy) is 1. The molecule has 24 heavy (non-hydrogen) atoms. The fraction of sp³-hybridized carbons (Fsp3) is 0.316. The van der Waals surface area contributed by atoms with Gasteiger partial charge in [-0.25, -0.2) is 4.99 Å². The summed E-state index contributed by atoms with van der Waals surface area (Å²) in [7, 11) is 0. The van der Waals surface area contributed by atoms with E-state index in [1.807, 2.05) is 44.5 Å². The van der Waals surface area contributed by atoms with Crippen LogP contribution in [0.3, 0.4) is 0 Å². The third-order valence-electron chi connectivity index (χ3n) is 3.78. The van der Waals surface area contributed by atoms with Crippen molar-refractivity contribution < 1.29 is 4.74 Å². The van der Waals surface area contributed by atoms with E-state index < -0.39 is 0 Å². The molecule has 2 aromatic rings. The van der Waals surface area contributed by atoms with Gasteiger partial charge in [-0.3, -0.25) is 0 Å². The quantitative estimate of drug-likeness (QED) is 0.287. The molecule has 0 fully saturated rings. The molecule has 0 unspecified atom stereocenters. The number of halogens is 2. The second-order valence-electron chi connectivity index (χ2n) is 5.55. The molecule has 0 aromatic heterocycles. The highest BCUT2D eigenvalue weighted by Gasteiger charge is 2.08. The largest absolute Gasteiger partial charge is 0.457 e. The van der Waals surface area contributed by atoms with Crippen molar-refractivity contribution in [1.29, 1.82) is 0 Å². The fourth-order valence-corrected chi connectivity index (χ4v) is 2.73. The van der Waals surface area contributed by atoms with Crippen LogP contribution in [0.25, 0.3) is 0 Å². The Morgan fingerprint density at radius 2 is 1.83 bits per heavy atom. The van der Waals surface area contributed by atoms with E-state index in [2.05, 4.69) is 52.4 Å². The number of rotatable bonds is 6. The molecule has 0 aliphatic carbocycles. The van der Waals surface area contributed by atoms with E-state index in [0.29, 0.717) is 5.02 Å². The van der Waals surface area contributed by atoms with E-state index in [-0.39, 0.29) is 0 Å². The van der Waals surface area contributed by atoms with Gasteiger partial charge in [-0.2, -0.15) is 0 Å². The minimum absolute atomic E-state index is 0.697. The average molecular weight is 457 g/mol. The third kappa shape index (κ3) is 4.86. The van der Waals surface area contributed by atoms with Gasteiger partial charge in [-0.05, 0) is 85.7 Å². The SMILES string of the molecule is CCN(/C=N/c1cc(C)c(Oc2ccc(I)c(Cl)c2)cc1C)CC. The summed E-state index contributed by atoms with van der Waals surface area (Å²) in [6.45, 7) is 10.2. The number of aliphatic imine (C=N–C) groups is 1. The Kier molecular flexibility index (Phi) is 6.92. The van der Waals surface area contributed by atoms with Crippen LogP contribution in [0.1, 0.15) is 25.0 Å². The number of aryl methyl sites for hydroxylation is 2. The molecule has 0 bridgehead atoms. The van der Waals surface area contributed by atoms with Gasteiger partial charge in [-0.1, -0.05) is 11.6 Å². The van der Waals surface area contributed by atoms with Crippen molar-refractivity contribution >= 4 is 46.2 Å². The molecule has 0 aliphatic rings. The van der Waals surface area contributed by atoms with Gasteiger partial charge in [0.1, 0.15) is 11.5 Å². The monoisotopic (exact) mass is 456 g/mol. The Hall–Kier alpha value is -1.27. The van der Waals surface area contributed by atoms with E-state index in [1.54, 1.807) is 0 Å². The van der Waals surface area contributed by atoms with Crippen molar-refractivity contribution in [2.24, 2.45) is 4.99 Å². The van der Waals surface area contributed by atoms with Gasteiger partial charge in [0.05, 0.1) is 17.0 Å². The van der Waals surface area contributed by atoms with Crippen LogP contribution < -0.4 is 4.74 Å². The van der Waals surface area contributed by atoms with Crippen molar-refractivity contribution in [2.45, 2.75) is 27.7 Å². The van der Waals surface area contributed by atoms with E-state index in [9.17, 15) is 0 Å². The molecule has 0 aliphatic heterocycles. The maximum Gasteiger partial charge on any atom is 0.130 e. The van der Waals surface area contributed by atoms with Crippen LogP contribution in [0, 0.1) is 17.4 Å². The first-order valence-corrected chi connectivity index (χ1v) is 9.42.